The number of hydrazine groups is 1. The molecule has 2 aromatic carbocycles. The number of rotatable bonds is 4. The van der Waals surface area contributed by atoms with E-state index in [0.717, 1.165) is 50.1 Å². The molecule has 0 radical (unpaired) electrons. The molecule has 2 aromatic rings. The first-order valence-corrected chi connectivity index (χ1v) is 12.1. The third-order valence-electron chi connectivity index (χ3n) is 7.45. The molecule has 0 aliphatic carbocycles. The monoisotopic (exact) mass is 506 g/mol. The molecule has 3 saturated heterocycles. The fourth-order valence-corrected chi connectivity index (χ4v) is 5.38. The van der Waals surface area contributed by atoms with E-state index >= 15 is 0 Å². The van der Waals surface area contributed by atoms with E-state index in [1.54, 1.807) is 12.1 Å². The van der Waals surface area contributed by atoms with E-state index in [4.69, 9.17) is 0 Å². The summed E-state index contributed by atoms with van der Waals surface area (Å²) >= 11 is 0. The molecule has 5 rings (SSSR count). The number of carbonyl (C=O) groups is 1. The predicted octanol–water partition coefficient (Wildman–Crippen LogP) is 2.48. The standard InChI is InChI=1S/C25H30F4N6O/c1-34-9-11-35(12-10-34)16-7-5-15(6-8-16)24(36)31-23-17-13-20(30-14-21(17)32-33-23)22-18(25(27,28)29)3-2-4-19(22)26/h2-8,17,20-21,23,30,32-33H,9-14H2,1H3,(H,31,36). The van der Waals surface area contributed by atoms with Crippen LogP contribution >= 0.6 is 0 Å². The minimum atomic E-state index is -4.66. The molecule has 36 heavy (non-hydrogen) atoms. The number of piperazine rings is 1. The van der Waals surface area contributed by atoms with Gasteiger partial charge in [0.05, 0.1) is 11.7 Å². The number of fused-ring (bicyclic) bond motifs is 1. The normalized spacial score (nSPS) is 27.1. The van der Waals surface area contributed by atoms with Crippen molar-refractivity contribution in [3.8, 4) is 0 Å². The van der Waals surface area contributed by atoms with Crippen LogP contribution < -0.4 is 26.4 Å². The lowest BCUT2D eigenvalue weighted by Crippen LogP contribution is -2.50. The maximum absolute atomic E-state index is 14.6. The van der Waals surface area contributed by atoms with Gasteiger partial charge in [0, 0.05) is 67.5 Å². The molecule has 3 aliphatic heterocycles. The molecule has 7 nitrogen and oxygen atoms in total. The van der Waals surface area contributed by atoms with Gasteiger partial charge >= 0.3 is 6.18 Å². The Hall–Kier alpha value is -2.73. The lowest BCUT2D eigenvalue weighted by atomic mass is 9.83. The van der Waals surface area contributed by atoms with Gasteiger partial charge < -0.3 is 20.4 Å². The van der Waals surface area contributed by atoms with E-state index in [1.807, 2.05) is 12.1 Å². The van der Waals surface area contributed by atoms with E-state index in [0.29, 0.717) is 12.1 Å². The summed E-state index contributed by atoms with van der Waals surface area (Å²) < 4.78 is 55.3. The number of hydrogen-bond acceptors (Lipinski definition) is 6. The van der Waals surface area contributed by atoms with Crippen LogP contribution in [0.5, 0.6) is 0 Å². The molecule has 0 bridgehead atoms. The van der Waals surface area contributed by atoms with Crippen molar-refractivity contribution >= 4 is 11.6 Å². The summed E-state index contributed by atoms with van der Waals surface area (Å²) in [6, 6.07) is 9.51. The quantitative estimate of drug-likeness (QED) is 0.478. The van der Waals surface area contributed by atoms with Crippen LogP contribution in [0.3, 0.4) is 0 Å². The lowest BCUT2D eigenvalue weighted by Gasteiger charge is -2.35. The van der Waals surface area contributed by atoms with E-state index < -0.39 is 29.8 Å². The number of hydrogen-bond donors (Lipinski definition) is 4. The van der Waals surface area contributed by atoms with Crippen molar-refractivity contribution in [3.63, 3.8) is 0 Å². The van der Waals surface area contributed by atoms with Crippen molar-refractivity contribution in [2.24, 2.45) is 5.92 Å². The Bertz CT molecular complexity index is 1090. The summed E-state index contributed by atoms with van der Waals surface area (Å²) in [5, 5.41) is 6.00. The molecule has 4 atom stereocenters. The fourth-order valence-electron chi connectivity index (χ4n) is 5.38. The van der Waals surface area contributed by atoms with Gasteiger partial charge in [0.25, 0.3) is 5.91 Å². The predicted molar refractivity (Wildman–Crippen MR) is 128 cm³/mol. The second-order valence-electron chi connectivity index (χ2n) is 9.74. The molecular weight excluding hydrogens is 476 g/mol. The van der Waals surface area contributed by atoms with Crippen molar-refractivity contribution in [2.45, 2.75) is 30.8 Å². The summed E-state index contributed by atoms with van der Waals surface area (Å²) in [7, 11) is 2.09. The van der Waals surface area contributed by atoms with E-state index in [-0.39, 0.29) is 29.9 Å². The van der Waals surface area contributed by atoms with Gasteiger partial charge in [0.15, 0.2) is 0 Å². The zero-order valence-corrected chi connectivity index (χ0v) is 19.9. The highest BCUT2D eigenvalue weighted by Gasteiger charge is 2.44. The minimum absolute atomic E-state index is 0.118. The zero-order valence-electron chi connectivity index (χ0n) is 19.9. The number of amides is 1. The van der Waals surface area contributed by atoms with Gasteiger partial charge in [-0.25, -0.2) is 9.82 Å². The third kappa shape index (κ3) is 5.06. The first kappa shape index (κ1) is 24.9. The summed E-state index contributed by atoms with van der Waals surface area (Å²) in [6.45, 7) is 4.16. The average molecular weight is 507 g/mol. The number of alkyl halides is 3. The molecule has 0 spiro atoms. The highest BCUT2D eigenvalue weighted by Crippen LogP contribution is 2.40. The molecular formula is C25H30F4N6O. The van der Waals surface area contributed by atoms with Gasteiger partial charge in [-0.15, -0.1) is 0 Å². The van der Waals surface area contributed by atoms with Crippen LogP contribution in [-0.4, -0.2) is 62.8 Å². The SMILES string of the molecule is CN1CCN(c2ccc(C(=O)NC3NNC4CNC(c5c(F)cccc5C(F)(F)F)CC43)cc2)CC1. The highest BCUT2D eigenvalue weighted by molar-refractivity contribution is 5.94. The van der Waals surface area contributed by atoms with Gasteiger partial charge in [0.2, 0.25) is 0 Å². The number of carbonyl (C=O) groups excluding carboxylic acids is 1. The van der Waals surface area contributed by atoms with Crippen molar-refractivity contribution in [1.29, 1.82) is 0 Å². The fraction of sp³-hybridized carbons (Fsp3) is 0.480. The number of nitrogens with one attached hydrogen (secondary N) is 4. The maximum Gasteiger partial charge on any atom is 0.416 e. The Balaban J connectivity index is 1.26. The Kier molecular flexibility index (Phi) is 6.90. The smallest absolute Gasteiger partial charge is 0.369 e. The van der Waals surface area contributed by atoms with Crippen molar-refractivity contribution in [2.75, 3.05) is 44.7 Å². The van der Waals surface area contributed by atoms with Crippen LogP contribution in [0.15, 0.2) is 42.5 Å². The van der Waals surface area contributed by atoms with Crippen LogP contribution in [0.4, 0.5) is 23.2 Å². The second-order valence-corrected chi connectivity index (χ2v) is 9.74. The minimum Gasteiger partial charge on any atom is -0.369 e. The van der Waals surface area contributed by atoms with Crippen molar-refractivity contribution < 1.29 is 22.4 Å². The summed E-state index contributed by atoms with van der Waals surface area (Å²) in [5.74, 6) is -1.40. The highest BCUT2D eigenvalue weighted by atomic mass is 19.4. The first-order chi connectivity index (χ1) is 17.2. The Labute approximate surface area is 207 Å². The first-order valence-electron chi connectivity index (χ1n) is 12.1. The van der Waals surface area contributed by atoms with Crippen LogP contribution in [0.2, 0.25) is 0 Å². The number of piperidine rings is 1. The molecule has 3 fully saturated rings. The van der Waals surface area contributed by atoms with Crippen LogP contribution in [0.25, 0.3) is 0 Å². The molecule has 3 aliphatic rings. The Morgan fingerprint density at radius 3 is 2.44 bits per heavy atom. The zero-order chi connectivity index (χ0) is 25.4. The second kappa shape index (κ2) is 9.97. The van der Waals surface area contributed by atoms with Gasteiger partial charge in [-0.3, -0.25) is 10.2 Å². The summed E-state index contributed by atoms with van der Waals surface area (Å²) in [5.41, 5.74) is 6.36. The maximum atomic E-state index is 14.6. The molecule has 0 saturated carbocycles. The number of anilines is 1. The molecule has 3 heterocycles. The van der Waals surface area contributed by atoms with Gasteiger partial charge in [-0.05, 0) is 49.9 Å². The summed E-state index contributed by atoms with van der Waals surface area (Å²) in [4.78, 5) is 17.5. The van der Waals surface area contributed by atoms with Crippen molar-refractivity contribution in [3.05, 3.63) is 65.0 Å². The number of benzene rings is 2. The number of halogens is 4. The molecule has 0 aromatic heterocycles. The van der Waals surface area contributed by atoms with Crippen molar-refractivity contribution in [1.82, 2.24) is 26.4 Å². The number of nitrogens with zero attached hydrogens (tertiary/aromatic N) is 2. The lowest BCUT2D eigenvalue weighted by molar-refractivity contribution is -0.138. The third-order valence-corrected chi connectivity index (χ3v) is 7.45. The number of likely N-dealkylation sites (N-methyl/N-ethyl adjacent to an activating group) is 1. The van der Waals surface area contributed by atoms with Crippen LogP contribution in [0, 0.1) is 11.7 Å². The van der Waals surface area contributed by atoms with Crippen LogP contribution in [-0.2, 0) is 6.18 Å². The molecule has 1 amide bonds. The Morgan fingerprint density at radius 1 is 1.03 bits per heavy atom. The molecule has 4 unspecified atom stereocenters. The van der Waals surface area contributed by atoms with E-state index in [9.17, 15) is 22.4 Å². The molecule has 194 valence electrons. The average Bonchev–Trinajstić information content (AvgIpc) is 3.25. The topological polar surface area (TPSA) is 71.7 Å². The summed E-state index contributed by atoms with van der Waals surface area (Å²) in [6.07, 6.45) is -4.95. The van der Waals surface area contributed by atoms with Gasteiger partial charge in [-0.2, -0.15) is 13.2 Å². The van der Waals surface area contributed by atoms with E-state index in [2.05, 4.69) is 38.3 Å². The molecule has 4 N–H and O–H groups in total. The molecule has 11 heteroatoms. The van der Waals surface area contributed by atoms with Gasteiger partial charge in [-0.1, -0.05) is 6.07 Å². The Morgan fingerprint density at radius 2 is 1.75 bits per heavy atom. The van der Waals surface area contributed by atoms with Crippen LogP contribution in [0.1, 0.15) is 33.9 Å². The van der Waals surface area contributed by atoms with E-state index in [1.165, 1.54) is 0 Å². The largest absolute Gasteiger partial charge is 0.416 e. The van der Waals surface area contributed by atoms with Gasteiger partial charge in [0.1, 0.15) is 5.82 Å².